The van der Waals surface area contributed by atoms with E-state index in [1.165, 1.54) is 0 Å². The van der Waals surface area contributed by atoms with Gasteiger partial charge in [0.25, 0.3) is 0 Å². The van der Waals surface area contributed by atoms with E-state index in [2.05, 4.69) is 37.8 Å². The average Bonchev–Trinajstić information content (AvgIpc) is 1.97. The van der Waals surface area contributed by atoms with Gasteiger partial charge in [-0.25, -0.2) is 0 Å². The van der Waals surface area contributed by atoms with Crippen LogP contribution < -0.4 is 0 Å². The summed E-state index contributed by atoms with van der Waals surface area (Å²) in [6.07, 6.45) is 8.64. The monoisotopic (exact) mass is 136 g/mol. The molecule has 0 heterocycles. The molecule has 0 saturated heterocycles. The minimum absolute atomic E-state index is 0.984. The summed E-state index contributed by atoms with van der Waals surface area (Å²) in [5, 5.41) is 0. The summed E-state index contributed by atoms with van der Waals surface area (Å²) in [6, 6.07) is 0. The zero-order chi connectivity index (χ0) is 7.66. The molecule has 0 heteroatoms. The molecule has 0 aromatic rings. The SMILES string of the molecule is CCC#CCCC=CCC. The summed E-state index contributed by atoms with van der Waals surface area (Å²) in [5.74, 6) is 6.13. The molecule has 0 nitrogen and oxygen atoms in total. The molecule has 0 rings (SSSR count). The number of allylic oxidation sites excluding steroid dienone is 2. The Labute approximate surface area is 64.3 Å². The molecule has 0 spiro atoms. The predicted octanol–water partition coefficient (Wildman–Crippen LogP) is 3.15. The molecule has 0 amide bonds. The average molecular weight is 136 g/mol. The Balaban J connectivity index is 3.12. The summed E-state index contributed by atoms with van der Waals surface area (Å²) in [6.45, 7) is 4.23. The van der Waals surface area contributed by atoms with Crippen LogP contribution in [0.2, 0.25) is 0 Å². The highest BCUT2D eigenvalue weighted by Crippen LogP contribution is 1.90. The quantitative estimate of drug-likeness (QED) is 0.317. The van der Waals surface area contributed by atoms with E-state index in [9.17, 15) is 0 Å². The second kappa shape index (κ2) is 8.30. The Morgan fingerprint density at radius 3 is 2.50 bits per heavy atom. The van der Waals surface area contributed by atoms with E-state index in [0.717, 1.165) is 25.7 Å². The molecule has 0 N–H and O–H groups in total. The van der Waals surface area contributed by atoms with Crippen LogP contribution in [0.5, 0.6) is 0 Å². The van der Waals surface area contributed by atoms with Crippen LogP contribution in [0.3, 0.4) is 0 Å². The van der Waals surface area contributed by atoms with E-state index in [1.54, 1.807) is 0 Å². The molecular formula is C10H16. The Hall–Kier alpha value is -0.700. The van der Waals surface area contributed by atoms with Crippen LogP contribution in [-0.2, 0) is 0 Å². The Morgan fingerprint density at radius 1 is 1.10 bits per heavy atom. The molecule has 0 unspecified atom stereocenters. The third-order valence-electron chi connectivity index (χ3n) is 1.14. The highest BCUT2D eigenvalue weighted by atomic mass is 13.8. The van der Waals surface area contributed by atoms with Gasteiger partial charge in [-0.3, -0.25) is 0 Å². The van der Waals surface area contributed by atoms with Gasteiger partial charge in [0.05, 0.1) is 0 Å². The molecule has 0 aliphatic heterocycles. The number of hydrogen-bond acceptors (Lipinski definition) is 0. The van der Waals surface area contributed by atoms with E-state index in [0.29, 0.717) is 0 Å². The molecular weight excluding hydrogens is 120 g/mol. The van der Waals surface area contributed by atoms with Crippen LogP contribution in [0, 0.1) is 11.8 Å². The first-order valence-electron chi connectivity index (χ1n) is 4.02. The molecule has 0 aromatic carbocycles. The summed E-state index contributed by atoms with van der Waals surface area (Å²) < 4.78 is 0. The molecule has 0 fully saturated rings. The lowest BCUT2D eigenvalue weighted by molar-refractivity contribution is 1.06. The van der Waals surface area contributed by atoms with Gasteiger partial charge in [-0.2, -0.15) is 0 Å². The maximum atomic E-state index is 3.09. The fourth-order valence-electron chi connectivity index (χ4n) is 0.653. The van der Waals surface area contributed by atoms with E-state index in [4.69, 9.17) is 0 Å². The normalized spacial score (nSPS) is 9.40. The van der Waals surface area contributed by atoms with Crippen molar-refractivity contribution in [3.05, 3.63) is 12.2 Å². The van der Waals surface area contributed by atoms with Crippen LogP contribution in [0.25, 0.3) is 0 Å². The molecule has 0 radical (unpaired) electrons. The maximum Gasteiger partial charge on any atom is 0.0123 e. The first-order valence-corrected chi connectivity index (χ1v) is 4.02. The largest absolute Gasteiger partial charge is 0.104 e. The zero-order valence-corrected chi connectivity index (χ0v) is 6.98. The van der Waals surface area contributed by atoms with Crippen molar-refractivity contribution in [2.45, 2.75) is 39.5 Å². The second-order valence-corrected chi connectivity index (χ2v) is 2.13. The summed E-state index contributed by atoms with van der Waals surface area (Å²) >= 11 is 0. The predicted molar refractivity (Wildman–Crippen MR) is 46.7 cm³/mol. The first-order chi connectivity index (χ1) is 4.91. The molecule has 0 saturated carbocycles. The Kier molecular flexibility index (Phi) is 7.72. The van der Waals surface area contributed by atoms with Crippen molar-refractivity contribution in [3.8, 4) is 11.8 Å². The zero-order valence-electron chi connectivity index (χ0n) is 6.98. The standard InChI is InChI=1S/C10H16/c1-3-5-7-9-10-8-6-4-2/h5,7H,3-4,9-10H2,1-2H3. The molecule has 0 aliphatic carbocycles. The topological polar surface area (TPSA) is 0 Å². The third kappa shape index (κ3) is 7.30. The molecule has 0 aromatic heterocycles. The summed E-state index contributed by atoms with van der Waals surface area (Å²) in [5.41, 5.74) is 0. The minimum atomic E-state index is 0.984. The molecule has 0 bridgehead atoms. The Bertz CT molecular complexity index is 132. The summed E-state index contributed by atoms with van der Waals surface area (Å²) in [7, 11) is 0. The number of rotatable bonds is 3. The van der Waals surface area contributed by atoms with Crippen molar-refractivity contribution in [2.24, 2.45) is 0 Å². The lowest BCUT2D eigenvalue weighted by atomic mass is 10.2. The van der Waals surface area contributed by atoms with Crippen LogP contribution in [0.4, 0.5) is 0 Å². The highest BCUT2D eigenvalue weighted by molar-refractivity contribution is 4.99. The van der Waals surface area contributed by atoms with Gasteiger partial charge in [-0.15, -0.1) is 11.8 Å². The highest BCUT2D eigenvalue weighted by Gasteiger charge is 1.73. The van der Waals surface area contributed by atoms with Gasteiger partial charge in [-0.05, 0) is 12.8 Å². The van der Waals surface area contributed by atoms with E-state index < -0.39 is 0 Å². The molecule has 10 heavy (non-hydrogen) atoms. The van der Waals surface area contributed by atoms with Crippen molar-refractivity contribution in [1.29, 1.82) is 0 Å². The first kappa shape index (κ1) is 9.30. The summed E-state index contributed by atoms with van der Waals surface area (Å²) in [4.78, 5) is 0. The molecule has 56 valence electrons. The lowest BCUT2D eigenvalue weighted by Gasteiger charge is -1.81. The third-order valence-corrected chi connectivity index (χ3v) is 1.14. The van der Waals surface area contributed by atoms with Crippen LogP contribution in [0.1, 0.15) is 39.5 Å². The van der Waals surface area contributed by atoms with Crippen LogP contribution in [0.15, 0.2) is 12.2 Å². The minimum Gasteiger partial charge on any atom is -0.104 e. The van der Waals surface area contributed by atoms with Gasteiger partial charge in [0, 0.05) is 12.8 Å². The Morgan fingerprint density at radius 2 is 1.90 bits per heavy atom. The van der Waals surface area contributed by atoms with Gasteiger partial charge < -0.3 is 0 Å². The van der Waals surface area contributed by atoms with Gasteiger partial charge >= 0.3 is 0 Å². The van der Waals surface area contributed by atoms with Crippen LogP contribution in [-0.4, -0.2) is 0 Å². The fourth-order valence-corrected chi connectivity index (χ4v) is 0.653. The van der Waals surface area contributed by atoms with Crippen LogP contribution >= 0.6 is 0 Å². The smallest absolute Gasteiger partial charge is 0.0123 e. The van der Waals surface area contributed by atoms with Crippen molar-refractivity contribution in [2.75, 3.05) is 0 Å². The lowest BCUT2D eigenvalue weighted by Crippen LogP contribution is -1.64. The molecule has 0 atom stereocenters. The van der Waals surface area contributed by atoms with Crippen molar-refractivity contribution in [3.63, 3.8) is 0 Å². The van der Waals surface area contributed by atoms with Crippen molar-refractivity contribution < 1.29 is 0 Å². The fraction of sp³-hybridized carbons (Fsp3) is 0.600. The second-order valence-electron chi connectivity index (χ2n) is 2.13. The maximum absolute atomic E-state index is 3.09. The van der Waals surface area contributed by atoms with Crippen molar-refractivity contribution in [1.82, 2.24) is 0 Å². The van der Waals surface area contributed by atoms with E-state index in [-0.39, 0.29) is 0 Å². The van der Waals surface area contributed by atoms with Gasteiger partial charge in [0.2, 0.25) is 0 Å². The van der Waals surface area contributed by atoms with E-state index in [1.807, 2.05) is 0 Å². The molecule has 0 aliphatic rings. The van der Waals surface area contributed by atoms with Gasteiger partial charge in [0.15, 0.2) is 0 Å². The number of hydrogen-bond donors (Lipinski definition) is 0. The van der Waals surface area contributed by atoms with Gasteiger partial charge in [0.1, 0.15) is 0 Å². The van der Waals surface area contributed by atoms with Gasteiger partial charge in [-0.1, -0.05) is 26.0 Å². The number of unbranched alkanes of at least 4 members (excludes halogenated alkanes) is 1. The van der Waals surface area contributed by atoms with Crippen molar-refractivity contribution >= 4 is 0 Å². The van der Waals surface area contributed by atoms with E-state index >= 15 is 0 Å².